The van der Waals surface area contributed by atoms with Crippen LogP contribution < -0.4 is 14.8 Å². The zero-order valence-corrected chi connectivity index (χ0v) is 14.3. The van der Waals surface area contributed by atoms with Crippen molar-refractivity contribution in [2.24, 2.45) is 0 Å². The SMILES string of the molecule is CCCOc1c(Cl)cc(CNCCCN(C)C)cc1OC. The highest BCUT2D eigenvalue weighted by Gasteiger charge is 2.11. The number of hydrogen-bond acceptors (Lipinski definition) is 4. The first kappa shape index (κ1) is 18.1. The minimum Gasteiger partial charge on any atom is -0.493 e. The molecule has 0 aromatic heterocycles. The summed E-state index contributed by atoms with van der Waals surface area (Å²) in [6, 6.07) is 3.92. The van der Waals surface area contributed by atoms with Crippen LogP contribution in [0.4, 0.5) is 0 Å². The summed E-state index contributed by atoms with van der Waals surface area (Å²) in [5, 5.41) is 4.02. The molecule has 0 saturated carbocycles. The van der Waals surface area contributed by atoms with Crippen molar-refractivity contribution in [1.82, 2.24) is 10.2 Å². The lowest BCUT2D eigenvalue weighted by molar-refractivity contribution is 0.294. The number of rotatable bonds is 10. The number of hydrogen-bond donors (Lipinski definition) is 1. The number of benzene rings is 1. The van der Waals surface area contributed by atoms with E-state index in [1.807, 2.05) is 12.1 Å². The lowest BCUT2D eigenvalue weighted by Gasteiger charge is -2.14. The van der Waals surface area contributed by atoms with Gasteiger partial charge in [0.25, 0.3) is 0 Å². The van der Waals surface area contributed by atoms with Gasteiger partial charge in [0, 0.05) is 6.54 Å². The van der Waals surface area contributed by atoms with Crippen LogP contribution in [-0.4, -0.2) is 45.8 Å². The van der Waals surface area contributed by atoms with Crippen LogP contribution in [0.2, 0.25) is 5.02 Å². The Labute approximate surface area is 133 Å². The molecular weight excluding hydrogens is 288 g/mol. The van der Waals surface area contributed by atoms with E-state index in [4.69, 9.17) is 21.1 Å². The predicted octanol–water partition coefficient (Wildman–Crippen LogP) is 3.18. The zero-order chi connectivity index (χ0) is 15.7. The van der Waals surface area contributed by atoms with Gasteiger partial charge in [0.2, 0.25) is 0 Å². The van der Waals surface area contributed by atoms with E-state index in [9.17, 15) is 0 Å². The first-order valence-corrected chi connectivity index (χ1v) is 7.81. The summed E-state index contributed by atoms with van der Waals surface area (Å²) in [5.74, 6) is 1.33. The number of nitrogens with one attached hydrogen (secondary N) is 1. The normalized spacial score (nSPS) is 11.0. The summed E-state index contributed by atoms with van der Waals surface area (Å²) < 4.78 is 11.0. The Morgan fingerprint density at radius 1 is 1.29 bits per heavy atom. The average Bonchev–Trinajstić information content (AvgIpc) is 2.45. The molecule has 0 aliphatic heterocycles. The maximum atomic E-state index is 6.29. The van der Waals surface area contributed by atoms with Gasteiger partial charge in [-0.25, -0.2) is 0 Å². The number of nitrogens with zero attached hydrogens (tertiary/aromatic N) is 1. The molecule has 0 fully saturated rings. The lowest BCUT2D eigenvalue weighted by atomic mass is 10.2. The van der Waals surface area contributed by atoms with Crippen LogP contribution in [0.15, 0.2) is 12.1 Å². The van der Waals surface area contributed by atoms with Crippen LogP contribution in [0.25, 0.3) is 0 Å². The van der Waals surface area contributed by atoms with E-state index in [1.165, 1.54) is 0 Å². The van der Waals surface area contributed by atoms with E-state index in [2.05, 4.69) is 31.2 Å². The summed E-state index contributed by atoms with van der Waals surface area (Å²) >= 11 is 6.29. The predicted molar refractivity (Wildman–Crippen MR) is 88.7 cm³/mol. The van der Waals surface area contributed by atoms with Crippen molar-refractivity contribution in [3.8, 4) is 11.5 Å². The topological polar surface area (TPSA) is 33.7 Å². The molecule has 21 heavy (non-hydrogen) atoms. The zero-order valence-electron chi connectivity index (χ0n) is 13.5. The van der Waals surface area contributed by atoms with Crippen molar-refractivity contribution in [1.29, 1.82) is 0 Å². The standard InChI is InChI=1S/C16H27ClN2O2/c1-5-9-21-16-14(17)10-13(11-15(16)20-4)12-18-7-6-8-19(2)3/h10-11,18H,5-9,12H2,1-4H3. The van der Waals surface area contributed by atoms with Gasteiger partial charge in [-0.1, -0.05) is 18.5 Å². The molecule has 0 unspecified atom stereocenters. The quantitative estimate of drug-likeness (QED) is 0.673. The molecule has 0 bridgehead atoms. The highest BCUT2D eigenvalue weighted by atomic mass is 35.5. The van der Waals surface area contributed by atoms with E-state index >= 15 is 0 Å². The van der Waals surface area contributed by atoms with Gasteiger partial charge < -0.3 is 19.7 Å². The van der Waals surface area contributed by atoms with E-state index in [0.29, 0.717) is 23.1 Å². The molecule has 1 aromatic carbocycles. The van der Waals surface area contributed by atoms with Gasteiger partial charge in [-0.3, -0.25) is 0 Å². The maximum Gasteiger partial charge on any atom is 0.179 e. The van der Waals surface area contributed by atoms with Crippen LogP contribution >= 0.6 is 11.6 Å². The van der Waals surface area contributed by atoms with Crippen molar-refractivity contribution < 1.29 is 9.47 Å². The van der Waals surface area contributed by atoms with Crippen LogP contribution in [0.5, 0.6) is 11.5 Å². The molecule has 0 aliphatic carbocycles. The lowest BCUT2D eigenvalue weighted by Crippen LogP contribution is -2.21. The summed E-state index contributed by atoms with van der Waals surface area (Å²) in [7, 11) is 5.80. The fourth-order valence-electron chi connectivity index (χ4n) is 1.97. The highest BCUT2D eigenvalue weighted by molar-refractivity contribution is 6.32. The van der Waals surface area contributed by atoms with Crippen LogP contribution in [0.1, 0.15) is 25.3 Å². The molecule has 5 heteroatoms. The Balaban J connectivity index is 2.57. The summed E-state index contributed by atoms with van der Waals surface area (Å²) in [6.45, 7) is 5.54. The molecule has 1 rings (SSSR count). The van der Waals surface area contributed by atoms with Crippen LogP contribution in [-0.2, 0) is 6.54 Å². The highest BCUT2D eigenvalue weighted by Crippen LogP contribution is 2.36. The third kappa shape index (κ3) is 6.55. The molecule has 0 atom stereocenters. The Morgan fingerprint density at radius 2 is 2.05 bits per heavy atom. The van der Waals surface area contributed by atoms with Crippen LogP contribution in [0.3, 0.4) is 0 Å². The largest absolute Gasteiger partial charge is 0.493 e. The molecule has 0 spiro atoms. The molecular formula is C16H27ClN2O2. The van der Waals surface area contributed by atoms with Crippen molar-refractivity contribution in [3.05, 3.63) is 22.7 Å². The van der Waals surface area contributed by atoms with Crippen LogP contribution in [0, 0.1) is 0 Å². The molecule has 0 aliphatic rings. The fourth-order valence-corrected chi connectivity index (χ4v) is 2.26. The van der Waals surface area contributed by atoms with Gasteiger partial charge in [-0.05, 0) is 57.7 Å². The maximum absolute atomic E-state index is 6.29. The second-order valence-electron chi connectivity index (χ2n) is 5.29. The first-order valence-electron chi connectivity index (χ1n) is 7.43. The molecule has 1 N–H and O–H groups in total. The number of ether oxygens (including phenoxy) is 2. The van der Waals surface area contributed by atoms with Gasteiger partial charge in [-0.2, -0.15) is 0 Å². The van der Waals surface area contributed by atoms with E-state index < -0.39 is 0 Å². The van der Waals surface area contributed by atoms with Gasteiger partial charge in [-0.15, -0.1) is 0 Å². The minimum absolute atomic E-state index is 0.605. The summed E-state index contributed by atoms with van der Waals surface area (Å²) in [6.07, 6.45) is 2.06. The summed E-state index contributed by atoms with van der Waals surface area (Å²) in [4.78, 5) is 2.18. The van der Waals surface area contributed by atoms with E-state index in [-0.39, 0.29) is 0 Å². The van der Waals surface area contributed by atoms with E-state index in [0.717, 1.165) is 38.0 Å². The monoisotopic (exact) mass is 314 g/mol. The molecule has 4 nitrogen and oxygen atoms in total. The minimum atomic E-state index is 0.605. The van der Waals surface area contributed by atoms with Gasteiger partial charge >= 0.3 is 0 Å². The molecule has 0 radical (unpaired) electrons. The molecule has 0 amide bonds. The number of methoxy groups -OCH3 is 1. The molecule has 1 aromatic rings. The second kappa shape index (κ2) is 9.87. The smallest absolute Gasteiger partial charge is 0.179 e. The van der Waals surface area contributed by atoms with Gasteiger partial charge in [0.1, 0.15) is 0 Å². The molecule has 0 heterocycles. The Hall–Kier alpha value is -0.970. The third-order valence-electron chi connectivity index (χ3n) is 3.03. The van der Waals surface area contributed by atoms with E-state index in [1.54, 1.807) is 7.11 Å². The van der Waals surface area contributed by atoms with Gasteiger partial charge in [0.15, 0.2) is 11.5 Å². The average molecular weight is 315 g/mol. The Bertz CT molecular complexity index is 425. The van der Waals surface area contributed by atoms with Crippen molar-refractivity contribution in [2.75, 3.05) is 40.9 Å². The molecule has 0 saturated heterocycles. The number of halogens is 1. The third-order valence-corrected chi connectivity index (χ3v) is 3.31. The Kier molecular flexibility index (Phi) is 8.50. The van der Waals surface area contributed by atoms with Crippen molar-refractivity contribution >= 4 is 11.6 Å². The second-order valence-corrected chi connectivity index (χ2v) is 5.70. The van der Waals surface area contributed by atoms with Gasteiger partial charge in [0.05, 0.1) is 18.7 Å². The molecule has 120 valence electrons. The van der Waals surface area contributed by atoms with Crippen molar-refractivity contribution in [3.63, 3.8) is 0 Å². The van der Waals surface area contributed by atoms with Crippen molar-refractivity contribution in [2.45, 2.75) is 26.3 Å². The first-order chi connectivity index (χ1) is 10.1. The summed E-state index contributed by atoms with van der Waals surface area (Å²) in [5.41, 5.74) is 1.10. The Morgan fingerprint density at radius 3 is 2.67 bits per heavy atom. The fraction of sp³-hybridized carbons (Fsp3) is 0.625.